The van der Waals surface area contributed by atoms with E-state index in [-0.39, 0.29) is 17.5 Å². The van der Waals surface area contributed by atoms with Crippen molar-refractivity contribution < 1.29 is 19.1 Å². The van der Waals surface area contributed by atoms with Crippen molar-refractivity contribution in [3.8, 4) is 11.5 Å². The summed E-state index contributed by atoms with van der Waals surface area (Å²) in [6, 6.07) is 12.5. The standard InChI is InChI=1S/C17H19NO5/c1-21-14-7-5-13(6-8-14)17(23-3)11-12-4-9-16(22-2)15(10-12)18(19)20/h4-10,17H,11H2,1-3H3. The van der Waals surface area contributed by atoms with E-state index in [2.05, 4.69) is 0 Å². The van der Waals surface area contributed by atoms with Gasteiger partial charge in [0.25, 0.3) is 0 Å². The van der Waals surface area contributed by atoms with Gasteiger partial charge in [-0.15, -0.1) is 0 Å². The molecule has 0 spiro atoms. The molecule has 6 nitrogen and oxygen atoms in total. The van der Waals surface area contributed by atoms with Gasteiger partial charge in [0.05, 0.1) is 25.2 Å². The molecule has 23 heavy (non-hydrogen) atoms. The molecule has 0 aliphatic carbocycles. The van der Waals surface area contributed by atoms with Gasteiger partial charge in [-0.1, -0.05) is 18.2 Å². The monoisotopic (exact) mass is 317 g/mol. The Morgan fingerprint density at radius 1 is 1.04 bits per heavy atom. The summed E-state index contributed by atoms with van der Waals surface area (Å²) in [7, 11) is 4.64. The summed E-state index contributed by atoms with van der Waals surface area (Å²) in [5.41, 5.74) is 1.74. The Kier molecular flexibility index (Phi) is 5.54. The summed E-state index contributed by atoms with van der Waals surface area (Å²) in [6.07, 6.45) is 0.321. The minimum absolute atomic E-state index is 0.0467. The number of nitro groups is 1. The molecule has 2 aromatic carbocycles. The van der Waals surface area contributed by atoms with Crippen molar-refractivity contribution in [2.75, 3.05) is 21.3 Å². The SMILES string of the molecule is COc1ccc(C(Cc2ccc(OC)c([N+](=O)[O-])c2)OC)cc1. The lowest BCUT2D eigenvalue weighted by atomic mass is 10.0. The zero-order valence-electron chi connectivity index (χ0n) is 13.3. The Bertz CT molecular complexity index is 669. The lowest BCUT2D eigenvalue weighted by Gasteiger charge is -2.16. The van der Waals surface area contributed by atoms with Crippen molar-refractivity contribution in [3.63, 3.8) is 0 Å². The first-order chi connectivity index (χ1) is 11.1. The van der Waals surface area contributed by atoms with Crippen molar-refractivity contribution in [3.05, 3.63) is 63.7 Å². The van der Waals surface area contributed by atoms with Gasteiger partial charge in [0.2, 0.25) is 0 Å². The Morgan fingerprint density at radius 2 is 1.74 bits per heavy atom. The van der Waals surface area contributed by atoms with Crippen molar-refractivity contribution in [2.45, 2.75) is 12.5 Å². The molecule has 0 saturated heterocycles. The molecule has 0 aliphatic rings. The predicted molar refractivity (Wildman–Crippen MR) is 86.1 cm³/mol. The second-order valence-electron chi connectivity index (χ2n) is 4.96. The third-order valence-corrected chi connectivity index (χ3v) is 3.63. The molecule has 2 rings (SSSR count). The number of rotatable bonds is 7. The molecular weight excluding hydrogens is 298 g/mol. The van der Waals surface area contributed by atoms with E-state index in [1.165, 1.54) is 13.2 Å². The summed E-state index contributed by atoms with van der Waals surface area (Å²) >= 11 is 0. The highest BCUT2D eigenvalue weighted by atomic mass is 16.6. The van der Waals surface area contributed by atoms with Crippen LogP contribution in [0.4, 0.5) is 5.69 Å². The van der Waals surface area contributed by atoms with E-state index in [1.807, 2.05) is 24.3 Å². The zero-order chi connectivity index (χ0) is 16.8. The number of hydrogen-bond donors (Lipinski definition) is 0. The molecule has 1 unspecified atom stereocenters. The average molecular weight is 317 g/mol. The Hall–Kier alpha value is -2.60. The second-order valence-corrected chi connectivity index (χ2v) is 4.96. The molecule has 0 bridgehead atoms. The summed E-state index contributed by atoms with van der Waals surface area (Å²) in [4.78, 5) is 10.7. The van der Waals surface area contributed by atoms with Gasteiger partial charge in [-0.2, -0.15) is 0 Å². The molecule has 0 N–H and O–H groups in total. The predicted octanol–water partition coefficient (Wildman–Crippen LogP) is 3.54. The van der Waals surface area contributed by atoms with Crippen LogP contribution in [0.2, 0.25) is 0 Å². The van der Waals surface area contributed by atoms with Crippen LogP contribution in [0.1, 0.15) is 17.2 Å². The normalized spacial score (nSPS) is 11.8. The molecule has 6 heteroatoms. The van der Waals surface area contributed by atoms with Gasteiger partial charge >= 0.3 is 5.69 Å². The lowest BCUT2D eigenvalue weighted by Crippen LogP contribution is -2.06. The minimum Gasteiger partial charge on any atom is -0.497 e. The number of nitro benzene ring substituents is 1. The molecule has 0 fully saturated rings. The molecule has 0 aromatic heterocycles. The van der Waals surface area contributed by atoms with Crippen LogP contribution >= 0.6 is 0 Å². The maximum absolute atomic E-state index is 11.1. The molecule has 0 saturated carbocycles. The van der Waals surface area contributed by atoms with Gasteiger partial charge in [-0.3, -0.25) is 10.1 Å². The smallest absolute Gasteiger partial charge is 0.311 e. The number of methoxy groups -OCH3 is 3. The largest absolute Gasteiger partial charge is 0.497 e. The maximum atomic E-state index is 11.1. The lowest BCUT2D eigenvalue weighted by molar-refractivity contribution is -0.385. The Labute approximate surface area is 134 Å². The third-order valence-electron chi connectivity index (χ3n) is 3.63. The van der Waals surface area contributed by atoms with Crippen molar-refractivity contribution in [1.29, 1.82) is 0 Å². The minimum atomic E-state index is -0.447. The molecule has 0 aliphatic heterocycles. The first-order valence-electron chi connectivity index (χ1n) is 7.07. The molecule has 0 radical (unpaired) electrons. The summed E-state index contributed by atoms with van der Waals surface area (Å²) in [5.74, 6) is 1.01. The maximum Gasteiger partial charge on any atom is 0.311 e. The van der Waals surface area contributed by atoms with Crippen molar-refractivity contribution in [2.24, 2.45) is 0 Å². The average Bonchev–Trinajstić information content (AvgIpc) is 2.59. The van der Waals surface area contributed by atoms with Crippen LogP contribution in [-0.2, 0) is 11.2 Å². The van der Waals surface area contributed by atoms with Crippen LogP contribution in [0, 0.1) is 10.1 Å². The van der Waals surface area contributed by atoms with E-state index in [1.54, 1.807) is 26.4 Å². The summed E-state index contributed by atoms with van der Waals surface area (Å²) in [6.45, 7) is 0. The molecular formula is C17H19NO5. The van der Waals surface area contributed by atoms with Crippen LogP contribution in [-0.4, -0.2) is 26.3 Å². The highest BCUT2D eigenvalue weighted by molar-refractivity contribution is 5.49. The molecule has 2 aromatic rings. The van der Waals surface area contributed by atoms with E-state index in [9.17, 15) is 10.1 Å². The van der Waals surface area contributed by atoms with E-state index < -0.39 is 4.92 Å². The van der Waals surface area contributed by atoms with E-state index in [0.717, 1.165) is 16.9 Å². The fourth-order valence-electron chi connectivity index (χ4n) is 2.38. The number of nitrogens with zero attached hydrogens (tertiary/aromatic N) is 1. The first kappa shape index (κ1) is 16.8. The highest BCUT2D eigenvalue weighted by Crippen LogP contribution is 2.30. The molecule has 0 heterocycles. The van der Waals surface area contributed by atoms with Crippen LogP contribution in [0.3, 0.4) is 0 Å². The molecule has 122 valence electrons. The van der Waals surface area contributed by atoms with E-state index in [0.29, 0.717) is 6.42 Å². The number of hydrogen-bond acceptors (Lipinski definition) is 5. The van der Waals surface area contributed by atoms with E-state index in [4.69, 9.17) is 14.2 Å². The topological polar surface area (TPSA) is 70.8 Å². The van der Waals surface area contributed by atoms with Crippen molar-refractivity contribution >= 4 is 5.69 Å². The fourth-order valence-corrected chi connectivity index (χ4v) is 2.38. The van der Waals surface area contributed by atoms with Gasteiger partial charge in [0.1, 0.15) is 5.75 Å². The number of ether oxygens (including phenoxy) is 3. The summed E-state index contributed by atoms with van der Waals surface area (Å²) < 4.78 is 15.7. The van der Waals surface area contributed by atoms with E-state index >= 15 is 0 Å². The first-order valence-corrected chi connectivity index (χ1v) is 7.07. The van der Waals surface area contributed by atoms with Gasteiger partial charge in [0, 0.05) is 19.6 Å². The second kappa shape index (κ2) is 7.60. The van der Waals surface area contributed by atoms with Gasteiger partial charge in [0.15, 0.2) is 5.75 Å². The third kappa shape index (κ3) is 3.98. The van der Waals surface area contributed by atoms with Crippen LogP contribution in [0.25, 0.3) is 0 Å². The quantitative estimate of drug-likeness (QED) is 0.577. The Balaban J connectivity index is 2.24. The van der Waals surface area contributed by atoms with Crippen LogP contribution < -0.4 is 9.47 Å². The Morgan fingerprint density at radius 3 is 2.26 bits per heavy atom. The van der Waals surface area contributed by atoms with Crippen molar-refractivity contribution in [1.82, 2.24) is 0 Å². The van der Waals surface area contributed by atoms with Gasteiger partial charge < -0.3 is 14.2 Å². The molecule has 0 amide bonds. The highest BCUT2D eigenvalue weighted by Gasteiger charge is 2.18. The fraction of sp³-hybridized carbons (Fsp3) is 0.294. The van der Waals surface area contributed by atoms with Crippen LogP contribution in [0.5, 0.6) is 11.5 Å². The van der Waals surface area contributed by atoms with Gasteiger partial charge in [-0.25, -0.2) is 0 Å². The number of benzene rings is 2. The van der Waals surface area contributed by atoms with Gasteiger partial charge in [-0.05, 0) is 29.3 Å². The molecule has 1 atom stereocenters. The zero-order valence-corrected chi connectivity index (χ0v) is 13.3. The van der Waals surface area contributed by atoms with Crippen LogP contribution in [0.15, 0.2) is 42.5 Å². The summed E-state index contributed by atoms with van der Waals surface area (Å²) in [5, 5.41) is 11.1.